The lowest BCUT2D eigenvalue weighted by Gasteiger charge is -2.30. The molecule has 29 heavy (non-hydrogen) atoms. The molecule has 1 saturated heterocycles. The smallest absolute Gasteiger partial charge is 0.451 e. The molecule has 2 aromatic rings. The Hall–Kier alpha value is -2.34. The van der Waals surface area contributed by atoms with E-state index in [1.165, 1.54) is 16.4 Å². The van der Waals surface area contributed by atoms with Gasteiger partial charge in [0.15, 0.2) is 0 Å². The lowest BCUT2D eigenvalue weighted by atomic mass is 10.1. The number of piperidine rings is 1. The molecule has 8 nitrogen and oxygen atoms in total. The van der Waals surface area contributed by atoms with Crippen LogP contribution < -0.4 is 10.4 Å². The van der Waals surface area contributed by atoms with Crippen LogP contribution in [-0.4, -0.2) is 46.8 Å². The van der Waals surface area contributed by atoms with Crippen molar-refractivity contribution < 1.29 is 26.3 Å². The molecular weight excluding hydrogens is 413 g/mol. The molecular formula is C17H21F3N4O4S. The zero-order valence-electron chi connectivity index (χ0n) is 15.9. The van der Waals surface area contributed by atoms with E-state index >= 15 is 0 Å². The quantitative estimate of drug-likeness (QED) is 0.719. The van der Waals surface area contributed by atoms with Gasteiger partial charge in [-0.3, -0.25) is 4.57 Å². The van der Waals surface area contributed by atoms with Crippen LogP contribution in [0.25, 0.3) is 0 Å². The van der Waals surface area contributed by atoms with E-state index in [0.717, 1.165) is 11.7 Å². The van der Waals surface area contributed by atoms with Gasteiger partial charge in [-0.05, 0) is 44.0 Å². The molecule has 0 saturated carbocycles. The lowest BCUT2D eigenvalue weighted by Crippen LogP contribution is -2.41. The Labute approximate surface area is 165 Å². The first-order chi connectivity index (χ1) is 13.6. The third-order valence-corrected chi connectivity index (χ3v) is 6.71. The van der Waals surface area contributed by atoms with E-state index in [-0.39, 0.29) is 30.8 Å². The molecule has 12 heteroatoms. The number of ether oxygens (including phenoxy) is 1. The summed E-state index contributed by atoms with van der Waals surface area (Å²) < 4.78 is 72.3. The number of alkyl halides is 3. The maximum absolute atomic E-state index is 13.0. The molecule has 160 valence electrons. The van der Waals surface area contributed by atoms with Crippen LogP contribution in [0, 0.1) is 0 Å². The Balaban J connectivity index is 1.74. The van der Waals surface area contributed by atoms with Crippen molar-refractivity contribution >= 4 is 10.0 Å². The molecule has 1 aromatic carbocycles. The van der Waals surface area contributed by atoms with E-state index in [9.17, 15) is 26.4 Å². The van der Waals surface area contributed by atoms with Gasteiger partial charge in [-0.25, -0.2) is 17.9 Å². The van der Waals surface area contributed by atoms with Crippen LogP contribution in [0.15, 0.2) is 34.0 Å². The Morgan fingerprint density at radius 3 is 2.24 bits per heavy atom. The van der Waals surface area contributed by atoms with Crippen LogP contribution in [0.5, 0.6) is 5.75 Å². The summed E-state index contributed by atoms with van der Waals surface area (Å²) >= 11 is 0. The third-order valence-electron chi connectivity index (χ3n) is 4.80. The van der Waals surface area contributed by atoms with Crippen LogP contribution in [-0.2, 0) is 23.2 Å². The minimum Gasteiger partial charge on any atom is -0.494 e. The number of benzene rings is 1. The largest absolute Gasteiger partial charge is 0.494 e. The van der Waals surface area contributed by atoms with Crippen LogP contribution in [0.2, 0.25) is 0 Å². The zero-order valence-corrected chi connectivity index (χ0v) is 16.7. The summed E-state index contributed by atoms with van der Waals surface area (Å²) in [6, 6.07) is 5.43. The molecule has 0 radical (unpaired) electrons. The minimum absolute atomic E-state index is 0.0740. The first-order valence-corrected chi connectivity index (χ1v) is 10.5. The highest BCUT2D eigenvalue weighted by atomic mass is 32.2. The van der Waals surface area contributed by atoms with Crippen LogP contribution >= 0.6 is 0 Å². The molecule has 0 atom stereocenters. The van der Waals surface area contributed by atoms with Crippen molar-refractivity contribution in [1.82, 2.24) is 18.7 Å². The van der Waals surface area contributed by atoms with Crippen LogP contribution in [0.4, 0.5) is 13.2 Å². The zero-order chi connectivity index (χ0) is 21.4. The Morgan fingerprint density at radius 1 is 1.17 bits per heavy atom. The number of rotatable bonds is 5. The fourth-order valence-corrected chi connectivity index (χ4v) is 4.76. The van der Waals surface area contributed by atoms with E-state index in [2.05, 4.69) is 5.10 Å². The molecule has 0 N–H and O–H groups in total. The van der Waals surface area contributed by atoms with Gasteiger partial charge in [0.1, 0.15) is 5.75 Å². The number of hydrogen-bond donors (Lipinski definition) is 0. The number of hydrogen-bond acceptors (Lipinski definition) is 5. The van der Waals surface area contributed by atoms with Gasteiger partial charge in [0, 0.05) is 20.1 Å². The first-order valence-electron chi connectivity index (χ1n) is 9.01. The van der Waals surface area contributed by atoms with Gasteiger partial charge in [0.2, 0.25) is 15.8 Å². The van der Waals surface area contributed by atoms with Crippen molar-refractivity contribution in [2.75, 3.05) is 19.7 Å². The van der Waals surface area contributed by atoms with Gasteiger partial charge in [-0.15, -0.1) is 5.10 Å². The Kier molecular flexibility index (Phi) is 5.77. The standard InChI is InChI=1S/C17H21F3N4O4S/c1-3-28-13-4-6-14(7-5-13)29(26,27)23-10-8-12(9-11-23)24-16(25)22(2)15(21-24)17(18,19)20/h4-7,12H,3,8-11H2,1-2H3. The summed E-state index contributed by atoms with van der Waals surface area (Å²) in [7, 11) is -2.74. The van der Waals surface area contributed by atoms with E-state index in [1.807, 2.05) is 6.92 Å². The van der Waals surface area contributed by atoms with Crippen molar-refractivity contribution in [2.45, 2.75) is 36.9 Å². The maximum atomic E-state index is 13.0. The van der Waals surface area contributed by atoms with E-state index in [1.54, 1.807) is 12.1 Å². The van der Waals surface area contributed by atoms with Gasteiger partial charge >= 0.3 is 11.9 Å². The van der Waals surface area contributed by atoms with Gasteiger partial charge in [-0.1, -0.05) is 0 Å². The normalized spacial score (nSPS) is 16.9. The second-order valence-corrected chi connectivity index (χ2v) is 8.59. The highest BCUT2D eigenvalue weighted by Crippen LogP contribution is 2.29. The third kappa shape index (κ3) is 4.17. The number of nitrogens with zero attached hydrogens (tertiary/aromatic N) is 4. The minimum atomic E-state index is -4.74. The summed E-state index contributed by atoms with van der Waals surface area (Å²) in [6.45, 7) is 2.43. The molecule has 0 unspecified atom stereocenters. The second-order valence-electron chi connectivity index (χ2n) is 6.65. The Bertz CT molecular complexity index is 1020. The van der Waals surface area contributed by atoms with Crippen molar-refractivity contribution in [2.24, 2.45) is 7.05 Å². The number of aromatic nitrogens is 3. The van der Waals surface area contributed by atoms with Crippen molar-refractivity contribution in [3.8, 4) is 5.75 Å². The van der Waals surface area contributed by atoms with E-state index in [4.69, 9.17) is 4.74 Å². The topological polar surface area (TPSA) is 86.4 Å². The molecule has 2 heterocycles. The molecule has 1 aliphatic heterocycles. The van der Waals surface area contributed by atoms with Crippen molar-refractivity contribution in [3.63, 3.8) is 0 Å². The van der Waals surface area contributed by atoms with Gasteiger partial charge < -0.3 is 4.74 Å². The van der Waals surface area contributed by atoms with Crippen LogP contribution in [0.3, 0.4) is 0 Å². The molecule has 1 fully saturated rings. The first kappa shape index (κ1) is 21.4. The fourth-order valence-electron chi connectivity index (χ4n) is 3.29. The molecule has 0 aliphatic carbocycles. The summed E-state index contributed by atoms with van der Waals surface area (Å²) in [6.07, 6.45) is -4.37. The average Bonchev–Trinajstić information content (AvgIpc) is 2.98. The monoisotopic (exact) mass is 434 g/mol. The second kappa shape index (κ2) is 7.82. The predicted molar refractivity (Wildman–Crippen MR) is 97.1 cm³/mol. The van der Waals surface area contributed by atoms with Gasteiger partial charge in [0.05, 0.1) is 17.5 Å². The van der Waals surface area contributed by atoms with Crippen molar-refractivity contribution in [1.29, 1.82) is 0 Å². The predicted octanol–water partition coefficient (Wildman–Crippen LogP) is 2.03. The molecule has 0 spiro atoms. The summed E-state index contributed by atoms with van der Waals surface area (Å²) in [5.41, 5.74) is -0.870. The van der Waals surface area contributed by atoms with Gasteiger partial charge in [0.25, 0.3) is 0 Å². The van der Waals surface area contributed by atoms with Crippen molar-refractivity contribution in [3.05, 3.63) is 40.6 Å². The Morgan fingerprint density at radius 2 is 1.76 bits per heavy atom. The number of sulfonamides is 1. The molecule has 3 rings (SSSR count). The maximum Gasteiger partial charge on any atom is 0.451 e. The van der Waals surface area contributed by atoms with Gasteiger partial charge in [-0.2, -0.15) is 17.5 Å². The fraction of sp³-hybridized carbons (Fsp3) is 0.529. The summed E-state index contributed by atoms with van der Waals surface area (Å²) in [5, 5.41) is 3.44. The molecule has 1 aliphatic rings. The summed E-state index contributed by atoms with van der Waals surface area (Å²) in [4.78, 5) is 12.2. The van der Waals surface area contributed by atoms with Crippen LogP contribution in [0.1, 0.15) is 31.6 Å². The highest BCUT2D eigenvalue weighted by molar-refractivity contribution is 7.89. The lowest BCUT2D eigenvalue weighted by molar-refractivity contribution is -0.147. The molecule has 0 amide bonds. The molecule has 1 aromatic heterocycles. The SMILES string of the molecule is CCOc1ccc(S(=O)(=O)N2CCC(n3nc(C(F)(F)F)n(C)c3=O)CC2)cc1. The molecule has 0 bridgehead atoms. The van der Waals surface area contributed by atoms with E-state index < -0.39 is 33.8 Å². The summed E-state index contributed by atoms with van der Waals surface area (Å²) in [5.74, 6) is -0.716. The highest BCUT2D eigenvalue weighted by Gasteiger charge is 2.39. The average molecular weight is 434 g/mol. The number of halogens is 3. The van der Waals surface area contributed by atoms with E-state index in [0.29, 0.717) is 16.9 Å².